The number of aromatic amines is 1. The molecule has 0 saturated heterocycles. The number of amides is 3. The Morgan fingerprint density at radius 3 is 2.56 bits per heavy atom. The van der Waals surface area contributed by atoms with Crippen LogP contribution in [0, 0.1) is 6.92 Å². The summed E-state index contributed by atoms with van der Waals surface area (Å²) in [5.74, 6) is -1.12. The van der Waals surface area contributed by atoms with Crippen molar-refractivity contribution in [3.05, 3.63) is 91.8 Å². The Bertz CT molecular complexity index is 1860. The monoisotopic (exact) mass is 584 g/mol. The van der Waals surface area contributed by atoms with E-state index in [2.05, 4.69) is 20.6 Å². The lowest BCUT2D eigenvalue weighted by atomic mass is 9.98. The summed E-state index contributed by atoms with van der Waals surface area (Å²) in [5.41, 5.74) is 1.74. The summed E-state index contributed by atoms with van der Waals surface area (Å²) >= 11 is 0. The number of pyridine rings is 1. The van der Waals surface area contributed by atoms with E-state index in [1.54, 1.807) is 37.3 Å². The van der Waals surface area contributed by atoms with Crippen molar-refractivity contribution in [2.75, 3.05) is 26.2 Å². The second kappa shape index (κ2) is 12.3. The number of H-pyrrole nitrogens is 1. The molecular weight excluding hydrogens is 552 g/mol. The van der Waals surface area contributed by atoms with Crippen molar-refractivity contribution >= 4 is 28.8 Å². The van der Waals surface area contributed by atoms with E-state index in [1.165, 1.54) is 22.6 Å². The fraction of sp³-hybridized carbons (Fsp3) is 0.290. The van der Waals surface area contributed by atoms with Gasteiger partial charge in [-0.2, -0.15) is 0 Å². The molecule has 43 heavy (non-hydrogen) atoms. The molecule has 0 fully saturated rings. The van der Waals surface area contributed by atoms with E-state index in [0.717, 1.165) is 5.56 Å². The lowest BCUT2D eigenvalue weighted by Gasteiger charge is -2.23. The Morgan fingerprint density at radius 1 is 0.953 bits per heavy atom. The van der Waals surface area contributed by atoms with Gasteiger partial charge < -0.3 is 20.6 Å². The molecule has 2 aromatic carbocycles. The number of nitrogens with one attached hydrogen (secondary N) is 3. The van der Waals surface area contributed by atoms with E-state index in [1.807, 2.05) is 12.1 Å². The molecule has 12 nitrogen and oxygen atoms in total. The Kier molecular flexibility index (Phi) is 8.37. The van der Waals surface area contributed by atoms with Gasteiger partial charge in [0, 0.05) is 43.5 Å². The van der Waals surface area contributed by atoms with Crippen LogP contribution in [-0.4, -0.2) is 68.4 Å². The minimum Gasteiger partial charge on any atom is -0.507 e. The van der Waals surface area contributed by atoms with Gasteiger partial charge in [0.1, 0.15) is 11.4 Å². The Balaban J connectivity index is 1.44. The van der Waals surface area contributed by atoms with Gasteiger partial charge in [0.15, 0.2) is 0 Å². The molecule has 5 rings (SSSR count). The van der Waals surface area contributed by atoms with E-state index in [0.29, 0.717) is 48.2 Å². The molecule has 0 spiro atoms. The number of rotatable bonds is 1. The van der Waals surface area contributed by atoms with Gasteiger partial charge in [0.25, 0.3) is 17.4 Å². The van der Waals surface area contributed by atoms with Crippen molar-refractivity contribution in [2.45, 2.75) is 26.2 Å². The van der Waals surface area contributed by atoms with Crippen LogP contribution in [0.4, 0.5) is 0 Å². The van der Waals surface area contributed by atoms with Crippen molar-refractivity contribution in [3.63, 3.8) is 0 Å². The summed E-state index contributed by atoms with van der Waals surface area (Å²) in [6.45, 7) is 2.19. The van der Waals surface area contributed by atoms with Crippen molar-refractivity contribution in [1.82, 2.24) is 30.1 Å². The van der Waals surface area contributed by atoms with Crippen molar-refractivity contribution in [1.29, 1.82) is 0 Å². The molecule has 0 saturated carbocycles. The fourth-order valence-corrected chi connectivity index (χ4v) is 5.16. The second-order valence-electron chi connectivity index (χ2n) is 10.6. The van der Waals surface area contributed by atoms with Crippen LogP contribution < -0.4 is 21.9 Å². The van der Waals surface area contributed by atoms with Crippen LogP contribution in [0.1, 0.15) is 44.8 Å². The number of aromatic nitrogens is 3. The first-order valence-electron chi connectivity index (χ1n) is 14.0. The van der Waals surface area contributed by atoms with Crippen LogP contribution in [0.15, 0.2) is 58.1 Å². The summed E-state index contributed by atoms with van der Waals surface area (Å²) in [6.07, 6.45) is 1.45. The third-order valence-electron chi connectivity index (χ3n) is 7.42. The number of carbonyl (C=O) groups excluding carboxylic acids is 3. The summed E-state index contributed by atoms with van der Waals surface area (Å²) < 4.78 is 1.17. The number of fused-ring (bicyclic) bond motifs is 6. The molecule has 0 atom stereocenters. The highest BCUT2D eigenvalue weighted by molar-refractivity contribution is 6.06. The molecule has 0 aliphatic carbocycles. The minimum atomic E-state index is -0.736. The lowest BCUT2D eigenvalue weighted by Crippen LogP contribution is -2.42. The number of benzene rings is 2. The summed E-state index contributed by atoms with van der Waals surface area (Å²) in [7, 11) is 1.45. The first-order valence-corrected chi connectivity index (χ1v) is 14.0. The number of phenolic OH excluding ortho intramolecular Hbond substituents is 1. The van der Waals surface area contributed by atoms with E-state index in [9.17, 15) is 29.1 Å². The number of hydrogen-bond donors (Lipinski definition) is 4. The smallest absolute Gasteiger partial charge is 0.329 e. The number of aryl methyl sites for hydroxylation is 2. The van der Waals surface area contributed by atoms with Gasteiger partial charge in [-0.3, -0.25) is 28.7 Å². The van der Waals surface area contributed by atoms with E-state index < -0.39 is 17.2 Å². The van der Waals surface area contributed by atoms with Crippen LogP contribution in [-0.2, 0) is 18.3 Å². The molecule has 4 N–H and O–H groups in total. The van der Waals surface area contributed by atoms with Crippen molar-refractivity contribution < 1.29 is 19.5 Å². The highest BCUT2D eigenvalue weighted by atomic mass is 16.3. The lowest BCUT2D eigenvalue weighted by molar-refractivity contribution is -0.121. The zero-order valence-electron chi connectivity index (χ0n) is 23.9. The Hall–Kier alpha value is -5.26. The molecule has 4 aromatic rings. The highest BCUT2D eigenvalue weighted by Gasteiger charge is 2.24. The predicted molar refractivity (Wildman–Crippen MR) is 160 cm³/mol. The molecule has 1 aliphatic rings. The fourth-order valence-electron chi connectivity index (χ4n) is 5.16. The van der Waals surface area contributed by atoms with Crippen molar-refractivity contribution in [3.8, 4) is 16.9 Å². The molecule has 0 unspecified atom stereocenters. The van der Waals surface area contributed by atoms with Crippen LogP contribution in [0.25, 0.3) is 22.2 Å². The predicted octanol–water partition coefficient (Wildman–Crippen LogP) is 1.63. The summed E-state index contributed by atoms with van der Waals surface area (Å²) in [5, 5.41) is 16.2. The first kappa shape index (κ1) is 29.2. The third kappa shape index (κ3) is 6.32. The maximum atomic E-state index is 13.9. The molecule has 222 valence electrons. The normalized spacial score (nSPS) is 14.9. The first-order chi connectivity index (χ1) is 20.6. The average molecular weight is 585 g/mol. The Morgan fingerprint density at radius 2 is 1.74 bits per heavy atom. The molecule has 3 heterocycles. The number of aromatic hydroxyl groups is 1. The number of phenols is 1. The van der Waals surface area contributed by atoms with Gasteiger partial charge in [-0.15, -0.1) is 0 Å². The molecular formula is C31H32N6O6. The molecule has 0 radical (unpaired) electrons. The van der Waals surface area contributed by atoms with Gasteiger partial charge in [-0.05, 0) is 67.6 Å². The van der Waals surface area contributed by atoms with E-state index >= 15 is 0 Å². The topological polar surface area (TPSA) is 166 Å². The maximum absolute atomic E-state index is 13.9. The Labute approximate surface area is 246 Å². The van der Waals surface area contributed by atoms with Gasteiger partial charge in [0.2, 0.25) is 5.91 Å². The quantitative estimate of drug-likeness (QED) is 0.264. The number of nitrogens with zero attached hydrogens (tertiary/aromatic N) is 3. The van der Waals surface area contributed by atoms with Crippen LogP contribution in [0.3, 0.4) is 0 Å². The average Bonchev–Trinajstić information content (AvgIpc) is 2.98. The minimum absolute atomic E-state index is 0.0322. The van der Waals surface area contributed by atoms with Gasteiger partial charge in [-0.25, -0.2) is 9.78 Å². The second-order valence-corrected chi connectivity index (χ2v) is 10.6. The standard InChI is InChI=1S/C31H32N6O6/c1-18-14-23(26-27(34-18)36(2)31(43)35-29(26)41)30(42)37-13-4-3-11-33-28(40)21-7-5-6-20(16-21)22-15-19(8-9-24(22)38)10-12-32-25(39)17-37/h5-9,14-16,38H,3-4,10-13,17H2,1-2H3,(H,32,39)(H,33,40)(H,35,41,43). The number of hydrogen-bond acceptors (Lipinski definition) is 7. The highest BCUT2D eigenvalue weighted by Crippen LogP contribution is 2.31. The van der Waals surface area contributed by atoms with Gasteiger partial charge in [0.05, 0.1) is 17.5 Å². The largest absolute Gasteiger partial charge is 0.507 e. The third-order valence-corrected chi connectivity index (χ3v) is 7.42. The van der Waals surface area contributed by atoms with E-state index in [-0.39, 0.29) is 53.8 Å². The molecule has 2 aromatic heterocycles. The molecule has 3 amide bonds. The number of carbonyl (C=O) groups is 3. The van der Waals surface area contributed by atoms with Crippen LogP contribution >= 0.6 is 0 Å². The summed E-state index contributed by atoms with van der Waals surface area (Å²) in [6, 6.07) is 13.6. The zero-order valence-corrected chi connectivity index (χ0v) is 23.9. The molecule has 4 bridgehead atoms. The van der Waals surface area contributed by atoms with Gasteiger partial charge in [-0.1, -0.05) is 18.2 Å². The molecule has 1 aliphatic heterocycles. The summed E-state index contributed by atoms with van der Waals surface area (Å²) in [4.78, 5) is 72.6. The molecule has 12 heteroatoms. The van der Waals surface area contributed by atoms with Crippen molar-refractivity contribution in [2.24, 2.45) is 7.05 Å². The van der Waals surface area contributed by atoms with E-state index in [4.69, 9.17) is 0 Å². The van der Waals surface area contributed by atoms with Crippen LogP contribution in [0.5, 0.6) is 5.75 Å². The van der Waals surface area contributed by atoms with Crippen LogP contribution in [0.2, 0.25) is 0 Å². The van der Waals surface area contributed by atoms with Gasteiger partial charge >= 0.3 is 5.69 Å². The maximum Gasteiger partial charge on any atom is 0.329 e. The zero-order chi connectivity index (χ0) is 30.7. The SMILES string of the molecule is Cc1cc(C(=O)N2CCCCNC(=O)c3cccc(c3)-c3cc(ccc3O)CCNC(=O)C2)c2c(=O)[nH]c(=O)n(C)c2n1.